The molecule has 11 heteroatoms. The van der Waals surface area contributed by atoms with Crippen molar-refractivity contribution in [2.24, 2.45) is 5.92 Å². The molecule has 8 nitrogen and oxygen atoms in total. The Morgan fingerprint density at radius 2 is 1.90 bits per heavy atom. The summed E-state index contributed by atoms with van der Waals surface area (Å²) >= 11 is 0. The predicted molar refractivity (Wildman–Crippen MR) is 95.2 cm³/mol. The molecule has 29 heavy (non-hydrogen) atoms. The molecule has 0 saturated carbocycles. The monoisotopic (exact) mass is 418 g/mol. The van der Waals surface area contributed by atoms with Gasteiger partial charge in [0.1, 0.15) is 5.69 Å². The summed E-state index contributed by atoms with van der Waals surface area (Å²) in [5.41, 5.74) is -1.67. The lowest BCUT2D eigenvalue weighted by Gasteiger charge is -2.32. The van der Waals surface area contributed by atoms with Gasteiger partial charge in [-0.25, -0.2) is 4.79 Å². The van der Waals surface area contributed by atoms with Gasteiger partial charge in [-0.15, -0.1) is 0 Å². The highest BCUT2D eigenvalue weighted by molar-refractivity contribution is 5.78. The van der Waals surface area contributed by atoms with Crippen molar-refractivity contribution in [3.05, 3.63) is 33.9 Å². The number of piperidine rings is 1. The third-order valence-electron chi connectivity index (χ3n) is 4.37. The largest absolute Gasteiger partial charge is 0.460 e. The fourth-order valence-electron chi connectivity index (χ4n) is 3.01. The number of benzene rings is 1. The van der Waals surface area contributed by atoms with Gasteiger partial charge in [0.15, 0.2) is 6.61 Å². The number of nitro benzene ring substituents is 1. The van der Waals surface area contributed by atoms with Crippen molar-refractivity contribution in [2.75, 3.05) is 24.6 Å². The third-order valence-corrected chi connectivity index (χ3v) is 4.37. The second kappa shape index (κ2) is 9.10. The maximum Gasteiger partial charge on any atom is 0.416 e. The molecule has 1 aromatic carbocycles. The van der Waals surface area contributed by atoms with Gasteiger partial charge in [0, 0.05) is 19.2 Å². The summed E-state index contributed by atoms with van der Waals surface area (Å²) in [5, 5.41) is 11.2. The first-order chi connectivity index (χ1) is 13.5. The zero-order chi connectivity index (χ0) is 21.8. The summed E-state index contributed by atoms with van der Waals surface area (Å²) in [5.74, 6) is -1.75. The van der Waals surface area contributed by atoms with Gasteiger partial charge in [0.25, 0.3) is 5.69 Å². The van der Waals surface area contributed by atoms with Gasteiger partial charge in [-0.2, -0.15) is 13.2 Å². The normalized spacial score (nSPS) is 15.3. The number of carbonyl (C=O) groups is 2. The molecule has 1 fully saturated rings. The van der Waals surface area contributed by atoms with Crippen molar-refractivity contribution in [3.63, 3.8) is 0 Å². The van der Waals surface area contributed by atoms with E-state index in [1.807, 2.05) is 0 Å². The summed E-state index contributed by atoms with van der Waals surface area (Å²) in [7, 11) is 0. The Morgan fingerprint density at radius 3 is 2.41 bits per heavy atom. The lowest BCUT2D eigenvalue weighted by Crippen LogP contribution is -2.37. The van der Waals surface area contributed by atoms with Gasteiger partial charge >= 0.3 is 18.1 Å². The molecule has 0 atom stereocenters. The lowest BCUT2D eigenvalue weighted by atomic mass is 9.96. The number of rotatable bonds is 6. The van der Waals surface area contributed by atoms with Crippen molar-refractivity contribution in [1.82, 2.24) is 0 Å². The van der Waals surface area contributed by atoms with Crippen LogP contribution in [-0.4, -0.2) is 42.7 Å². The van der Waals surface area contributed by atoms with Gasteiger partial charge in [-0.1, -0.05) is 0 Å². The van der Waals surface area contributed by atoms with E-state index < -0.39 is 46.8 Å². The quantitative estimate of drug-likeness (QED) is 0.397. The molecule has 1 heterocycles. The number of hydrogen-bond donors (Lipinski definition) is 0. The Bertz CT molecular complexity index is 773. The Hall–Kier alpha value is -2.85. The molecule has 1 saturated heterocycles. The molecular weight excluding hydrogens is 397 g/mol. The van der Waals surface area contributed by atoms with Crippen molar-refractivity contribution < 1.29 is 37.2 Å². The minimum atomic E-state index is -4.68. The minimum absolute atomic E-state index is 0.0651. The van der Waals surface area contributed by atoms with Crippen LogP contribution in [0.2, 0.25) is 0 Å². The van der Waals surface area contributed by atoms with Crippen molar-refractivity contribution >= 4 is 23.3 Å². The molecule has 0 bridgehead atoms. The van der Waals surface area contributed by atoms with Crippen LogP contribution in [0.5, 0.6) is 0 Å². The van der Waals surface area contributed by atoms with E-state index in [0.29, 0.717) is 6.07 Å². The van der Waals surface area contributed by atoms with Crippen molar-refractivity contribution in [3.8, 4) is 0 Å². The Kier molecular flexibility index (Phi) is 7.04. The summed E-state index contributed by atoms with van der Waals surface area (Å²) in [6, 6.07) is 2.38. The number of hydrogen-bond acceptors (Lipinski definition) is 7. The molecule has 1 aliphatic heterocycles. The number of ether oxygens (including phenoxy) is 2. The smallest absolute Gasteiger partial charge is 0.416 e. The zero-order valence-electron chi connectivity index (χ0n) is 15.9. The number of halogens is 3. The molecular formula is C18H21F3N2O6. The number of nitrogens with zero attached hydrogens (tertiary/aromatic N) is 2. The van der Waals surface area contributed by atoms with E-state index in [4.69, 9.17) is 9.47 Å². The summed E-state index contributed by atoms with van der Waals surface area (Å²) in [4.78, 5) is 35.4. The van der Waals surface area contributed by atoms with Crippen LogP contribution in [-0.2, 0) is 25.2 Å². The highest BCUT2D eigenvalue weighted by Crippen LogP contribution is 2.37. The van der Waals surface area contributed by atoms with Gasteiger partial charge in [0.05, 0.1) is 22.5 Å². The SMILES string of the molecule is CC(C)OC(=O)COC(=O)C1CCN(c2ccc(C(F)(F)F)cc2[N+](=O)[O-])CC1. The number of esters is 2. The molecule has 2 rings (SSSR count). The molecule has 0 unspecified atom stereocenters. The lowest BCUT2D eigenvalue weighted by molar-refractivity contribution is -0.384. The first-order valence-electron chi connectivity index (χ1n) is 8.95. The van der Waals surface area contributed by atoms with E-state index in [-0.39, 0.29) is 37.7 Å². The molecule has 1 aromatic rings. The van der Waals surface area contributed by atoms with Gasteiger partial charge < -0.3 is 14.4 Å². The Morgan fingerprint density at radius 1 is 1.28 bits per heavy atom. The molecule has 0 N–H and O–H groups in total. The van der Waals surface area contributed by atoms with E-state index in [1.165, 1.54) is 0 Å². The number of carbonyl (C=O) groups excluding carboxylic acids is 2. The summed E-state index contributed by atoms with van der Waals surface area (Å²) < 4.78 is 48.3. The van der Waals surface area contributed by atoms with Crippen LogP contribution in [0.3, 0.4) is 0 Å². The number of nitro groups is 1. The fourth-order valence-corrected chi connectivity index (χ4v) is 3.01. The van der Waals surface area contributed by atoms with Crippen molar-refractivity contribution in [1.29, 1.82) is 0 Å². The standard InChI is InChI=1S/C18H21F3N2O6/c1-11(2)29-16(24)10-28-17(25)12-5-7-22(8-6-12)14-4-3-13(18(19,20)21)9-15(14)23(26)27/h3-4,9,11-12H,5-8,10H2,1-2H3. The van der Waals surface area contributed by atoms with E-state index in [0.717, 1.165) is 12.1 Å². The average Bonchev–Trinajstić information content (AvgIpc) is 2.64. The molecule has 0 radical (unpaired) electrons. The molecule has 1 aliphatic rings. The highest BCUT2D eigenvalue weighted by Gasteiger charge is 2.35. The molecule has 0 aliphatic carbocycles. The van der Waals surface area contributed by atoms with Gasteiger partial charge in [-0.3, -0.25) is 14.9 Å². The second-order valence-corrected chi connectivity index (χ2v) is 6.87. The maximum atomic E-state index is 12.8. The van der Waals surface area contributed by atoms with E-state index in [9.17, 15) is 32.9 Å². The third kappa shape index (κ3) is 6.06. The van der Waals surface area contributed by atoms with Crippen molar-refractivity contribution in [2.45, 2.75) is 39.0 Å². The van der Waals surface area contributed by atoms with Crippen LogP contribution in [0, 0.1) is 16.0 Å². The fraction of sp³-hybridized carbons (Fsp3) is 0.556. The maximum absolute atomic E-state index is 12.8. The van der Waals surface area contributed by atoms with Crippen LogP contribution in [0.15, 0.2) is 18.2 Å². The molecule has 0 spiro atoms. The highest BCUT2D eigenvalue weighted by atomic mass is 19.4. The molecule has 0 aromatic heterocycles. The molecule has 0 amide bonds. The topological polar surface area (TPSA) is 99.0 Å². The Balaban J connectivity index is 1.99. The van der Waals surface area contributed by atoms with Crippen LogP contribution in [0.1, 0.15) is 32.3 Å². The van der Waals surface area contributed by atoms with Gasteiger partial charge in [0.2, 0.25) is 0 Å². The summed E-state index contributed by atoms with van der Waals surface area (Å²) in [6.45, 7) is 3.28. The van der Waals surface area contributed by atoms with Crippen LogP contribution >= 0.6 is 0 Å². The molecule has 160 valence electrons. The van der Waals surface area contributed by atoms with E-state index >= 15 is 0 Å². The Labute approximate surface area is 164 Å². The van der Waals surface area contributed by atoms with Crippen LogP contribution in [0.4, 0.5) is 24.5 Å². The predicted octanol–water partition coefficient (Wildman–Crippen LogP) is 3.32. The number of alkyl halides is 3. The minimum Gasteiger partial charge on any atom is -0.460 e. The first kappa shape index (κ1) is 22.4. The van der Waals surface area contributed by atoms with E-state index in [2.05, 4.69) is 0 Å². The zero-order valence-corrected chi connectivity index (χ0v) is 15.9. The first-order valence-corrected chi connectivity index (χ1v) is 8.95. The van der Waals surface area contributed by atoms with Crippen LogP contribution < -0.4 is 4.90 Å². The van der Waals surface area contributed by atoms with Gasteiger partial charge in [-0.05, 0) is 38.8 Å². The average molecular weight is 418 g/mol. The van der Waals surface area contributed by atoms with E-state index in [1.54, 1.807) is 18.7 Å². The van der Waals surface area contributed by atoms with Crippen LogP contribution in [0.25, 0.3) is 0 Å². The summed E-state index contributed by atoms with van der Waals surface area (Å²) in [6.07, 6.45) is -4.44. The second-order valence-electron chi connectivity index (χ2n) is 6.87. The number of anilines is 1.